The third-order valence-corrected chi connectivity index (χ3v) is 3.26. The molecule has 1 aromatic carbocycles. The number of ether oxygens (including phenoxy) is 2. The van der Waals surface area contributed by atoms with Gasteiger partial charge in [0.2, 0.25) is 0 Å². The van der Waals surface area contributed by atoms with E-state index in [0.717, 1.165) is 5.56 Å². The molecule has 1 N–H and O–H groups in total. The van der Waals surface area contributed by atoms with Crippen LogP contribution in [0.1, 0.15) is 26.3 Å². The summed E-state index contributed by atoms with van der Waals surface area (Å²) in [5, 5.41) is 10.2. The summed E-state index contributed by atoms with van der Waals surface area (Å²) < 4.78 is 10.4. The van der Waals surface area contributed by atoms with Gasteiger partial charge in [0.25, 0.3) is 0 Å². The highest BCUT2D eigenvalue weighted by Gasteiger charge is 2.19. The van der Waals surface area contributed by atoms with Crippen LogP contribution in [0, 0.1) is 23.7 Å². The minimum absolute atomic E-state index is 0.0262. The molecule has 0 saturated heterocycles. The minimum atomic E-state index is -0.583. The molecule has 0 amide bonds. The Balaban J connectivity index is 2.31. The molecule has 0 spiro atoms. The van der Waals surface area contributed by atoms with Gasteiger partial charge in [0.15, 0.2) is 6.61 Å². The molecule has 0 fully saturated rings. The average Bonchev–Trinajstić information content (AvgIpc) is 2.51. The molecule has 0 unspecified atom stereocenters. The first-order chi connectivity index (χ1) is 10.5. The Morgan fingerprint density at radius 2 is 1.95 bits per heavy atom. The first-order valence-corrected chi connectivity index (χ1v) is 7.42. The van der Waals surface area contributed by atoms with Crippen molar-refractivity contribution in [1.29, 1.82) is 0 Å². The van der Waals surface area contributed by atoms with Crippen molar-refractivity contribution in [3.8, 4) is 11.8 Å². The van der Waals surface area contributed by atoms with Crippen molar-refractivity contribution in [2.45, 2.75) is 33.5 Å². The topological polar surface area (TPSA) is 55.8 Å². The molecule has 120 valence electrons. The lowest BCUT2D eigenvalue weighted by molar-refractivity contribution is -0.139. The van der Waals surface area contributed by atoms with Crippen LogP contribution >= 0.6 is 0 Å². The number of aliphatic hydroxyl groups is 1. The fourth-order valence-electron chi connectivity index (χ4n) is 1.95. The van der Waals surface area contributed by atoms with Gasteiger partial charge in [-0.05, 0) is 12.5 Å². The van der Waals surface area contributed by atoms with Gasteiger partial charge in [-0.2, -0.15) is 0 Å². The maximum absolute atomic E-state index is 10.6. The van der Waals surface area contributed by atoms with Gasteiger partial charge >= 0.3 is 5.97 Å². The summed E-state index contributed by atoms with van der Waals surface area (Å²) in [6, 6.07) is 9.91. The van der Waals surface area contributed by atoms with Crippen molar-refractivity contribution in [3.63, 3.8) is 0 Å². The van der Waals surface area contributed by atoms with Crippen LogP contribution in [0.2, 0.25) is 0 Å². The molecule has 0 aliphatic carbocycles. The van der Waals surface area contributed by atoms with E-state index in [0.29, 0.717) is 13.2 Å². The lowest BCUT2D eigenvalue weighted by atomic mass is 9.94. The van der Waals surface area contributed by atoms with Crippen LogP contribution in [0.4, 0.5) is 0 Å². The highest BCUT2D eigenvalue weighted by molar-refractivity contribution is 5.66. The highest BCUT2D eigenvalue weighted by Crippen LogP contribution is 2.13. The maximum atomic E-state index is 10.6. The summed E-state index contributed by atoms with van der Waals surface area (Å²) in [4.78, 5) is 10.6. The van der Waals surface area contributed by atoms with Gasteiger partial charge in [0, 0.05) is 18.8 Å². The summed E-state index contributed by atoms with van der Waals surface area (Å²) in [6.45, 7) is 6.17. The van der Waals surface area contributed by atoms with Crippen LogP contribution < -0.4 is 0 Å². The van der Waals surface area contributed by atoms with E-state index >= 15 is 0 Å². The van der Waals surface area contributed by atoms with Crippen LogP contribution in [-0.4, -0.2) is 30.4 Å². The molecule has 0 saturated carbocycles. The number of rotatable bonds is 7. The van der Waals surface area contributed by atoms with E-state index in [2.05, 4.69) is 11.8 Å². The summed E-state index contributed by atoms with van der Waals surface area (Å²) in [5.74, 6) is 5.05. The summed E-state index contributed by atoms with van der Waals surface area (Å²) in [6.07, 6.45) is -0.583. The molecule has 4 nitrogen and oxygen atoms in total. The van der Waals surface area contributed by atoms with Crippen LogP contribution in [0.15, 0.2) is 30.3 Å². The Morgan fingerprint density at radius 1 is 1.27 bits per heavy atom. The van der Waals surface area contributed by atoms with Gasteiger partial charge < -0.3 is 14.6 Å². The second-order valence-electron chi connectivity index (χ2n) is 5.36. The van der Waals surface area contributed by atoms with Crippen molar-refractivity contribution >= 4 is 5.97 Å². The van der Waals surface area contributed by atoms with Crippen LogP contribution in [-0.2, 0) is 20.9 Å². The number of aliphatic hydroxyl groups excluding tert-OH is 1. The molecular weight excluding hydrogens is 280 g/mol. The molecule has 3 atom stereocenters. The fourth-order valence-corrected chi connectivity index (χ4v) is 1.95. The lowest BCUT2D eigenvalue weighted by Gasteiger charge is -2.21. The quantitative estimate of drug-likeness (QED) is 0.621. The van der Waals surface area contributed by atoms with Gasteiger partial charge in [-0.3, -0.25) is 4.79 Å². The Morgan fingerprint density at radius 3 is 2.59 bits per heavy atom. The van der Waals surface area contributed by atoms with Gasteiger partial charge in [0.05, 0.1) is 19.3 Å². The first kappa shape index (κ1) is 18.2. The monoisotopic (exact) mass is 304 g/mol. The molecule has 0 aromatic heterocycles. The molecule has 0 radical (unpaired) electrons. The lowest BCUT2D eigenvalue weighted by Crippen LogP contribution is -2.28. The predicted octanol–water partition coefficient (Wildman–Crippen LogP) is 2.40. The van der Waals surface area contributed by atoms with Gasteiger partial charge in [-0.25, -0.2) is 0 Å². The molecule has 0 bridgehead atoms. The van der Waals surface area contributed by atoms with Crippen molar-refractivity contribution in [1.82, 2.24) is 0 Å². The highest BCUT2D eigenvalue weighted by atomic mass is 16.5. The zero-order valence-corrected chi connectivity index (χ0v) is 13.4. The number of carbonyl (C=O) groups is 1. The predicted molar refractivity (Wildman–Crippen MR) is 84.8 cm³/mol. The number of hydrogen-bond donors (Lipinski definition) is 1. The van der Waals surface area contributed by atoms with Crippen molar-refractivity contribution in [3.05, 3.63) is 35.9 Å². The second kappa shape index (κ2) is 9.99. The van der Waals surface area contributed by atoms with Gasteiger partial charge in [-0.15, -0.1) is 0 Å². The average molecular weight is 304 g/mol. The third-order valence-electron chi connectivity index (χ3n) is 3.26. The van der Waals surface area contributed by atoms with Crippen molar-refractivity contribution < 1.29 is 19.4 Å². The van der Waals surface area contributed by atoms with E-state index in [1.165, 1.54) is 6.92 Å². The van der Waals surface area contributed by atoms with E-state index in [4.69, 9.17) is 9.47 Å². The smallest absolute Gasteiger partial charge is 0.303 e. The van der Waals surface area contributed by atoms with E-state index in [9.17, 15) is 9.90 Å². The van der Waals surface area contributed by atoms with Gasteiger partial charge in [0.1, 0.15) is 0 Å². The molecule has 1 rings (SSSR count). The summed E-state index contributed by atoms with van der Waals surface area (Å²) in [5.41, 5.74) is 1.11. The summed E-state index contributed by atoms with van der Waals surface area (Å²) >= 11 is 0. The van der Waals surface area contributed by atoms with Gasteiger partial charge in [-0.1, -0.05) is 49.1 Å². The number of carbonyl (C=O) groups excluding carboxylic acids is 1. The molecule has 0 aliphatic rings. The SMILES string of the molecule is CC(=O)OCC#C[C@@H](C)[C@@H](O)[C@@H](C)COCc1ccccc1. The normalized spacial score (nSPS) is 14.4. The largest absolute Gasteiger partial charge is 0.453 e. The van der Waals surface area contributed by atoms with Crippen molar-refractivity contribution in [2.24, 2.45) is 11.8 Å². The van der Waals surface area contributed by atoms with Crippen LogP contribution in [0.25, 0.3) is 0 Å². The van der Waals surface area contributed by atoms with E-state index in [1.807, 2.05) is 44.2 Å². The Hall–Kier alpha value is -1.83. The van der Waals surface area contributed by atoms with E-state index in [-0.39, 0.29) is 24.4 Å². The standard InChI is InChI=1S/C18H24O4/c1-14(8-7-11-22-16(3)19)18(20)15(2)12-21-13-17-9-5-4-6-10-17/h4-6,9-10,14-15,18,20H,11-13H2,1-3H3/t14-,15+,18-/m1/s1. The van der Waals surface area contributed by atoms with Crippen LogP contribution in [0.3, 0.4) is 0 Å². The van der Waals surface area contributed by atoms with Crippen LogP contribution in [0.5, 0.6) is 0 Å². The minimum Gasteiger partial charge on any atom is -0.453 e. The zero-order chi connectivity index (χ0) is 16.4. The number of hydrogen-bond acceptors (Lipinski definition) is 4. The maximum Gasteiger partial charge on any atom is 0.303 e. The second-order valence-corrected chi connectivity index (χ2v) is 5.36. The van der Waals surface area contributed by atoms with E-state index < -0.39 is 6.10 Å². The molecule has 0 aliphatic heterocycles. The summed E-state index contributed by atoms with van der Waals surface area (Å²) in [7, 11) is 0. The molecule has 0 heterocycles. The van der Waals surface area contributed by atoms with Crippen molar-refractivity contribution in [2.75, 3.05) is 13.2 Å². The number of benzene rings is 1. The van der Waals surface area contributed by atoms with E-state index in [1.54, 1.807) is 0 Å². The third kappa shape index (κ3) is 7.26. The molecule has 22 heavy (non-hydrogen) atoms. The molecule has 1 aromatic rings. The Bertz CT molecular complexity index is 501. The Labute approximate surface area is 132 Å². The Kier molecular flexibility index (Phi) is 8.27. The zero-order valence-electron chi connectivity index (χ0n) is 13.4. The molecular formula is C18H24O4. The fraction of sp³-hybridized carbons (Fsp3) is 0.500. The first-order valence-electron chi connectivity index (χ1n) is 7.42. The molecule has 4 heteroatoms. The number of esters is 1.